The van der Waals surface area contributed by atoms with Crippen molar-refractivity contribution in [3.05, 3.63) is 81.0 Å². The molecule has 0 radical (unpaired) electrons. The Bertz CT molecular complexity index is 1510. The number of nitrogens with one attached hydrogen (secondary N) is 2. The molecule has 5 N–H and O–H groups in total. The van der Waals surface area contributed by atoms with Gasteiger partial charge in [-0.15, -0.1) is 0 Å². The maximum absolute atomic E-state index is 14.0. The number of carbonyl (C=O) groups is 4. The number of H-pyrrole nitrogens is 1. The molecule has 204 valence electrons. The molecule has 1 aromatic heterocycles. The number of aliphatic carboxylic acids is 1. The molecule has 0 bridgehead atoms. The van der Waals surface area contributed by atoms with Gasteiger partial charge < -0.3 is 26.0 Å². The van der Waals surface area contributed by atoms with Gasteiger partial charge in [-0.25, -0.2) is 14.2 Å². The molecule has 2 heterocycles. The molecule has 3 aromatic rings. The van der Waals surface area contributed by atoms with Gasteiger partial charge in [0.2, 0.25) is 17.7 Å². The number of aromatic nitrogens is 2. The van der Waals surface area contributed by atoms with E-state index >= 15 is 0 Å². The second-order valence-electron chi connectivity index (χ2n) is 9.45. The molecule has 1 saturated heterocycles. The summed E-state index contributed by atoms with van der Waals surface area (Å²) in [5.41, 5.74) is 4.76. The smallest absolute Gasteiger partial charge is 0.329 e. The van der Waals surface area contributed by atoms with Crippen LogP contribution in [0.4, 0.5) is 0 Å². The number of para-hydroxylation sites is 1. The number of hydrogen-bond acceptors (Lipinski definition) is 6. The molecule has 3 atom stereocenters. The third-order valence-electron chi connectivity index (χ3n) is 6.84. The van der Waals surface area contributed by atoms with E-state index in [4.69, 9.17) is 5.73 Å². The topological polar surface area (TPSA) is 185 Å². The number of benzene rings is 2. The highest BCUT2D eigenvalue weighted by atomic mass is 16.4. The lowest BCUT2D eigenvalue weighted by molar-refractivity contribution is -0.145. The summed E-state index contributed by atoms with van der Waals surface area (Å²) in [7, 11) is 0. The van der Waals surface area contributed by atoms with Crippen molar-refractivity contribution < 1.29 is 24.3 Å². The van der Waals surface area contributed by atoms with Gasteiger partial charge in [-0.3, -0.25) is 19.2 Å². The Hall–Kier alpha value is -4.74. The minimum atomic E-state index is -1.37. The first kappa shape index (κ1) is 27.3. The van der Waals surface area contributed by atoms with Gasteiger partial charge in [-0.05, 0) is 37.0 Å². The van der Waals surface area contributed by atoms with Gasteiger partial charge in [0.1, 0.15) is 18.1 Å². The van der Waals surface area contributed by atoms with Gasteiger partial charge in [0.25, 0.3) is 5.56 Å². The lowest BCUT2D eigenvalue weighted by Gasteiger charge is -2.29. The highest BCUT2D eigenvalue weighted by Gasteiger charge is 2.40. The molecular formula is C27H29N5O7. The Labute approximate surface area is 222 Å². The maximum atomic E-state index is 14.0. The number of aromatic amines is 1. The van der Waals surface area contributed by atoms with E-state index in [1.54, 1.807) is 54.6 Å². The van der Waals surface area contributed by atoms with Crippen LogP contribution < -0.4 is 22.3 Å². The quantitative estimate of drug-likeness (QED) is 0.287. The van der Waals surface area contributed by atoms with Gasteiger partial charge >= 0.3 is 11.7 Å². The molecule has 12 heteroatoms. The van der Waals surface area contributed by atoms with E-state index in [0.717, 1.165) is 4.57 Å². The molecular weight excluding hydrogens is 506 g/mol. The highest BCUT2D eigenvalue weighted by Crippen LogP contribution is 2.24. The Kier molecular flexibility index (Phi) is 8.23. The number of rotatable bonds is 10. The predicted octanol–water partition coefficient (Wildman–Crippen LogP) is 0.300. The van der Waals surface area contributed by atoms with Crippen molar-refractivity contribution in [3.8, 4) is 0 Å². The number of nitrogens with two attached hydrogens (primary N) is 1. The van der Waals surface area contributed by atoms with Crippen LogP contribution in [0.3, 0.4) is 0 Å². The zero-order valence-corrected chi connectivity index (χ0v) is 21.0. The molecule has 1 aliphatic rings. The standard InChI is InChI=1S/C27H29N5O7/c28-22(33)13-12-19(26(37)38)29-23(34)20-11-6-14-31(20)25(36)21(15-16-7-2-1-3-8-16)32-24(35)17-9-4-5-10-18(17)30-27(32)39/h1-5,7-10,19-21H,6,11-15H2,(H2,28,33)(H,29,34)(H,30,39)(H,37,38)/t19-,20-,21+/m0/s1. The van der Waals surface area contributed by atoms with Gasteiger partial charge in [0, 0.05) is 19.4 Å². The first-order valence-corrected chi connectivity index (χ1v) is 12.6. The fourth-order valence-electron chi connectivity index (χ4n) is 4.89. The molecule has 4 rings (SSSR count). The SMILES string of the molecule is NC(=O)CC[C@H](NC(=O)[C@@H]1CCCN1C(=O)[C@@H](Cc1ccccc1)n1c(=O)[nH]c2ccccc2c1=O)C(=O)O. The van der Waals surface area contributed by atoms with Crippen molar-refractivity contribution in [1.29, 1.82) is 0 Å². The molecule has 1 aliphatic heterocycles. The van der Waals surface area contributed by atoms with Crippen molar-refractivity contribution in [1.82, 2.24) is 19.8 Å². The van der Waals surface area contributed by atoms with Crippen LogP contribution in [0.5, 0.6) is 0 Å². The second-order valence-corrected chi connectivity index (χ2v) is 9.45. The number of fused-ring (bicyclic) bond motifs is 1. The van der Waals surface area contributed by atoms with Gasteiger partial charge in [-0.2, -0.15) is 0 Å². The summed E-state index contributed by atoms with van der Waals surface area (Å²) >= 11 is 0. The molecule has 1 fully saturated rings. The largest absolute Gasteiger partial charge is 0.480 e. The molecule has 0 unspecified atom stereocenters. The third kappa shape index (κ3) is 6.06. The number of amides is 3. The number of primary amides is 1. The first-order valence-electron chi connectivity index (χ1n) is 12.6. The van der Waals surface area contributed by atoms with Crippen LogP contribution in [0.1, 0.15) is 37.3 Å². The van der Waals surface area contributed by atoms with Crippen molar-refractivity contribution in [2.45, 2.75) is 50.2 Å². The van der Waals surface area contributed by atoms with Crippen LogP contribution in [0.25, 0.3) is 10.9 Å². The van der Waals surface area contributed by atoms with E-state index in [0.29, 0.717) is 17.5 Å². The van der Waals surface area contributed by atoms with Gasteiger partial charge in [0.15, 0.2) is 0 Å². The number of nitrogens with zero attached hydrogens (tertiary/aromatic N) is 2. The Morgan fingerprint density at radius 1 is 1.05 bits per heavy atom. The monoisotopic (exact) mass is 535 g/mol. The molecule has 2 aromatic carbocycles. The van der Waals surface area contributed by atoms with E-state index in [2.05, 4.69) is 10.3 Å². The zero-order valence-electron chi connectivity index (χ0n) is 21.0. The molecule has 39 heavy (non-hydrogen) atoms. The normalized spacial score (nSPS) is 16.5. The maximum Gasteiger partial charge on any atom is 0.329 e. The minimum Gasteiger partial charge on any atom is -0.480 e. The summed E-state index contributed by atoms with van der Waals surface area (Å²) in [6.45, 7) is 0.182. The number of hydrogen-bond donors (Lipinski definition) is 4. The Morgan fingerprint density at radius 3 is 2.44 bits per heavy atom. The zero-order chi connectivity index (χ0) is 28.1. The van der Waals surface area contributed by atoms with E-state index in [1.807, 2.05) is 0 Å². The average Bonchev–Trinajstić information content (AvgIpc) is 3.40. The predicted molar refractivity (Wildman–Crippen MR) is 141 cm³/mol. The summed E-state index contributed by atoms with van der Waals surface area (Å²) in [5.74, 6) is -3.35. The van der Waals surface area contributed by atoms with Crippen LogP contribution in [-0.4, -0.2) is 61.9 Å². The van der Waals surface area contributed by atoms with Crippen LogP contribution in [0.2, 0.25) is 0 Å². The minimum absolute atomic E-state index is 0.0161. The van der Waals surface area contributed by atoms with E-state index in [9.17, 15) is 33.9 Å². The molecule has 12 nitrogen and oxygen atoms in total. The van der Waals surface area contributed by atoms with Crippen LogP contribution in [0, 0.1) is 0 Å². The van der Waals surface area contributed by atoms with Crippen LogP contribution in [-0.2, 0) is 25.6 Å². The van der Waals surface area contributed by atoms with E-state index in [-0.39, 0.29) is 37.6 Å². The third-order valence-corrected chi connectivity index (χ3v) is 6.84. The van der Waals surface area contributed by atoms with E-state index < -0.39 is 53.1 Å². The van der Waals surface area contributed by atoms with Gasteiger partial charge in [-0.1, -0.05) is 42.5 Å². The molecule has 0 aliphatic carbocycles. The molecule has 0 saturated carbocycles. The molecule has 3 amide bonds. The highest BCUT2D eigenvalue weighted by molar-refractivity contribution is 5.92. The van der Waals surface area contributed by atoms with Crippen molar-refractivity contribution in [3.63, 3.8) is 0 Å². The Morgan fingerprint density at radius 2 is 1.74 bits per heavy atom. The lowest BCUT2D eigenvalue weighted by atomic mass is 10.0. The van der Waals surface area contributed by atoms with E-state index in [1.165, 1.54) is 4.90 Å². The van der Waals surface area contributed by atoms with Crippen LogP contribution >= 0.6 is 0 Å². The second kappa shape index (κ2) is 11.8. The van der Waals surface area contributed by atoms with Gasteiger partial charge in [0.05, 0.1) is 10.9 Å². The first-order chi connectivity index (χ1) is 18.7. The average molecular weight is 536 g/mol. The van der Waals surface area contributed by atoms with Crippen molar-refractivity contribution in [2.24, 2.45) is 5.73 Å². The number of carboxylic acids is 1. The van der Waals surface area contributed by atoms with Crippen LogP contribution in [0.15, 0.2) is 64.2 Å². The summed E-state index contributed by atoms with van der Waals surface area (Å²) in [6.07, 6.45) is 0.305. The van der Waals surface area contributed by atoms with Crippen molar-refractivity contribution in [2.75, 3.05) is 6.54 Å². The molecule has 0 spiro atoms. The number of likely N-dealkylation sites (tertiary alicyclic amines) is 1. The number of carboxylic acid groups (broad SMARTS) is 1. The fraction of sp³-hybridized carbons (Fsp3) is 0.333. The summed E-state index contributed by atoms with van der Waals surface area (Å²) in [5, 5.41) is 12.1. The number of carbonyl (C=O) groups excluding carboxylic acids is 3. The summed E-state index contributed by atoms with van der Waals surface area (Å²) in [4.78, 5) is 80.4. The summed E-state index contributed by atoms with van der Waals surface area (Å²) < 4.78 is 0.887. The summed E-state index contributed by atoms with van der Waals surface area (Å²) in [6, 6.07) is 11.7. The Balaban J connectivity index is 1.68. The lowest BCUT2D eigenvalue weighted by Crippen LogP contribution is -2.53. The van der Waals surface area contributed by atoms with Crippen molar-refractivity contribution >= 4 is 34.6 Å². The fourth-order valence-corrected chi connectivity index (χ4v) is 4.89.